The van der Waals surface area contributed by atoms with Crippen molar-refractivity contribution in [3.8, 4) is 5.75 Å². The van der Waals surface area contributed by atoms with Gasteiger partial charge in [-0.2, -0.15) is 4.98 Å². The molecule has 5 heteroatoms. The zero-order chi connectivity index (χ0) is 14.3. The minimum absolute atomic E-state index is 0.00327. The van der Waals surface area contributed by atoms with Crippen molar-refractivity contribution in [3.05, 3.63) is 41.5 Å². The van der Waals surface area contributed by atoms with Crippen LogP contribution in [0.1, 0.15) is 43.1 Å². The van der Waals surface area contributed by atoms with Crippen LogP contribution in [0.5, 0.6) is 5.75 Å². The molecule has 110 valence electrons. The summed E-state index contributed by atoms with van der Waals surface area (Å²) >= 11 is 0. The van der Waals surface area contributed by atoms with Gasteiger partial charge in [0, 0.05) is 13.0 Å². The van der Waals surface area contributed by atoms with Gasteiger partial charge in [0.1, 0.15) is 5.75 Å². The minimum atomic E-state index is -0.122. The molecule has 1 saturated heterocycles. The summed E-state index contributed by atoms with van der Waals surface area (Å²) in [6.45, 7) is 4.10. The second-order valence-electron chi connectivity index (χ2n) is 5.94. The Morgan fingerprint density at radius 3 is 3.05 bits per heavy atom. The summed E-state index contributed by atoms with van der Waals surface area (Å²) in [5.41, 5.74) is 1.21. The molecule has 0 aliphatic carbocycles. The van der Waals surface area contributed by atoms with E-state index in [1.165, 1.54) is 5.56 Å². The molecule has 0 bridgehead atoms. The minimum Gasteiger partial charge on any atom is -0.482 e. The van der Waals surface area contributed by atoms with Crippen LogP contribution in [0.2, 0.25) is 0 Å². The van der Waals surface area contributed by atoms with Gasteiger partial charge in [0.25, 0.3) is 0 Å². The normalized spacial score (nSPS) is 27.6. The van der Waals surface area contributed by atoms with Crippen molar-refractivity contribution in [1.29, 1.82) is 0 Å². The highest BCUT2D eigenvalue weighted by molar-refractivity contribution is 5.38. The largest absolute Gasteiger partial charge is 0.482 e. The lowest BCUT2D eigenvalue weighted by Crippen LogP contribution is -2.28. The SMILES string of the molecule is CCC1(c2nc(C3Cc4ccccc4O3)no2)CCNC1. The third-order valence-corrected chi connectivity index (χ3v) is 4.75. The monoisotopic (exact) mass is 285 g/mol. The fourth-order valence-electron chi connectivity index (χ4n) is 3.29. The Bertz CT molecular complexity index is 621. The maximum atomic E-state index is 5.93. The smallest absolute Gasteiger partial charge is 0.234 e. The van der Waals surface area contributed by atoms with E-state index in [9.17, 15) is 0 Å². The Hall–Kier alpha value is -1.88. The van der Waals surface area contributed by atoms with Crippen molar-refractivity contribution in [3.63, 3.8) is 0 Å². The lowest BCUT2D eigenvalue weighted by Gasteiger charge is -2.20. The molecule has 2 unspecified atom stereocenters. The van der Waals surface area contributed by atoms with Gasteiger partial charge in [0.2, 0.25) is 11.7 Å². The van der Waals surface area contributed by atoms with Crippen molar-refractivity contribution in [1.82, 2.24) is 15.5 Å². The topological polar surface area (TPSA) is 60.2 Å². The van der Waals surface area contributed by atoms with Gasteiger partial charge in [0.05, 0.1) is 5.41 Å². The van der Waals surface area contributed by atoms with Gasteiger partial charge in [-0.3, -0.25) is 0 Å². The van der Waals surface area contributed by atoms with Crippen LogP contribution >= 0.6 is 0 Å². The van der Waals surface area contributed by atoms with Crippen molar-refractivity contribution in [2.45, 2.75) is 37.7 Å². The summed E-state index contributed by atoms with van der Waals surface area (Å²) in [4.78, 5) is 4.66. The van der Waals surface area contributed by atoms with Crippen molar-refractivity contribution < 1.29 is 9.26 Å². The van der Waals surface area contributed by atoms with Crippen molar-refractivity contribution >= 4 is 0 Å². The molecular formula is C16H19N3O2. The number of nitrogens with zero attached hydrogens (tertiary/aromatic N) is 2. The van der Waals surface area contributed by atoms with Gasteiger partial charge in [-0.15, -0.1) is 0 Å². The maximum absolute atomic E-state index is 5.93. The molecule has 1 aromatic heterocycles. The van der Waals surface area contributed by atoms with Gasteiger partial charge in [-0.1, -0.05) is 30.3 Å². The molecule has 5 nitrogen and oxygen atoms in total. The van der Waals surface area contributed by atoms with E-state index in [2.05, 4.69) is 28.4 Å². The molecule has 2 atom stereocenters. The number of fused-ring (bicyclic) bond motifs is 1. The Kier molecular flexibility index (Phi) is 2.96. The van der Waals surface area contributed by atoms with E-state index >= 15 is 0 Å². The predicted molar refractivity (Wildman–Crippen MR) is 77.3 cm³/mol. The first-order valence-electron chi connectivity index (χ1n) is 7.60. The maximum Gasteiger partial charge on any atom is 0.234 e. The van der Waals surface area contributed by atoms with E-state index in [4.69, 9.17) is 9.26 Å². The molecule has 2 aliphatic rings. The van der Waals surface area contributed by atoms with Crippen LogP contribution in [0.3, 0.4) is 0 Å². The molecule has 2 aromatic rings. The molecule has 4 rings (SSSR count). The van der Waals surface area contributed by atoms with Gasteiger partial charge < -0.3 is 14.6 Å². The first-order chi connectivity index (χ1) is 10.3. The van der Waals surface area contributed by atoms with Crippen LogP contribution < -0.4 is 10.1 Å². The molecule has 0 saturated carbocycles. The van der Waals surface area contributed by atoms with E-state index in [0.29, 0.717) is 5.82 Å². The van der Waals surface area contributed by atoms with Gasteiger partial charge in [0.15, 0.2) is 6.10 Å². The molecule has 3 heterocycles. The highest BCUT2D eigenvalue weighted by atomic mass is 16.5. The predicted octanol–water partition coefficient (Wildman–Crippen LogP) is 2.39. The summed E-state index contributed by atoms with van der Waals surface area (Å²) in [5.74, 6) is 2.35. The number of nitrogens with one attached hydrogen (secondary N) is 1. The first kappa shape index (κ1) is 12.8. The van der Waals surface area contributed by atoms with Gasteiger partial charge in [-0.05, 0) is 31.0 Å². The van der Waals surface area contributed by atoms with E-state index < -0.39 is 0 Å². The van der Waals surface area contributed by atoms with E-state index in [1.807, 2.05) is 18.2 Å². The zero-order valence-corrected chi connectivity index (χ0v) is 12.1. The van der Waals surface area contributed by atoms with Crippen molar-refractivity contribution in [2.75, 3.05) is 13.1 Å². The number of para-hydroxylation sites is 1. The van der Waals surface area contributed by atoms with Crippen LogP contribution in [0.15, 0.2) is 28.8 Å². The Labute approximate surface area is 123 Å². The number of hydrogen-bond acceptors (Lipinski definition) is 5. The van der Waals surface area contributed by atoms with E-state index in [1.54, 1.807) is 0 Å². The Morgan fingerprint density at radius 2 is 2.29 bits per heavy atom. The molecule has 2 aliphatic heterocycles. The van der Waals surface area contributed by atoms with E-state index in [-0.39, 0.29) is 11.5 Å². The second-order valence-corrected chi connectivity index (χ2v) is 5.94. The summed E-state index contributed by atoms with van der Waals surface area (Å²) < 4.78 is 11.5. The van der Waals surface area contributed by atoms with Crippen LogP contribution in [0.25, 0.3) is 0 Å². The third-order valence-electron chi connectivity index (χ3n) is 4.75. The molecular weight excluding hydrogens is 266 g/mol. The van der Waals surface area contributed by atoms with Crippen LogP contribution in [-0.2, 0) is 11.8 Å². The standard InChI is InChI=1S/C16H19N3O2/c1-2-16(7-8-17-10-16)15-18-14(19-21-15)13-9-11-5-3-4-6-12(11)20-13/h3-6,13,17H,2,7-10H2,1H3. The lowest BCUT2D eigenvalue weighted by atomic mass is 9.84. The highest BCUT2D eigenvalue weighted by Gasteiger charge is 2.40. The Morgan fingerprint density at radius 1 is 1.38 bits per heavy atom. The molecule has 1 aromatic carbocycles. The fourth-order valence-corrected chi connectivity index (χ4v) is 3.29. The summed E-state index contributed by atoms with van der Waals surface area (Å²) in [6.07, 6.45) is 2.75. The van der Waals surface area contributed by atoms with Gasteiger partial charge >= 0.3 is 0 Å². The van der Waals surface area contributed by atoms with Crippen molar-refractivity contribution in [2.24, 2.45) is 0 Å². The first-order valence-corrected chi connectivity index (χ1v) is 7.60. The number of aromatic nitrogens is 2. The molecule has 0 amide bonds. The Balaban J connectivity index is 1.59. The average molecular weight is 285 g/mol. The van der Waals surface area contributed by atoms with Crippen LogP contribution in [-0.4, -0.2) is 23.2 Å². The molecule has 1 fully saturated rings. The van der Waals surface area contributed by atoms with E-state index in [0.717, 1.165) is 44.0 Å². The molecule has 0 radical (unpaired) electrons. The fraction of sp³-hybridized carbons (Fsp3) is 0.500. The lowest BCUT2D eigenvalue weighted by molar-refractivity contribution is 0.219. The number of ether oxygens (including phenoxy) is 1. The van der Waals surface area contributed by atoms with Gasteiger partial charge in [-0.25, -0.2) is 0 Å². The quantitative estimate of drug-likeness (QED) is 0.938. The summed E-state index contributed by atoms with van der Waals surface area (Å²) in [5, 5.41) is 7.58. The van der Waals surface area contributed by atoms with Crippen LogP contribution in [0, 0.1) is 0 Å². The number of hydrogen-bond donors (Lipinski definition) is 1. The molecule has 1 N–H and O–H groups in total. The zero-order valence-electron chi connectivity index (χ0n) is 12.1. The molecule has 21 heavy (non-hydrogen) atoms. The van der Waals surface area contributed by atoms with Crippen LogP contribution in [0.4, 0.5) is 0 Å². The summed E-state index contributed by atoms with van der Waals surface area (Å²) in [7, 11) is 0. The highest BCUT2D eigenvalue weighted by Crippen LogP contribution is 2.37. The summed E-state index contributed by atoms with van der Waals surface area (Å²) in [6, 6.07) is 8.09. The molecule has 0 spiro atoms. The number of rotatable bonds is 3. The average Bonchev–Trinajstić information content (AvgIpc) is 3.24. The third kappa shape index (κ3) is 2.03. The number of benzene rings is 1. The second kappa shape index (κ2) is 4.84.